The van der Waals surface area contributed by atoms with Crippen molar-refractivity contribution in [1.29, 1.82) is 0 Å². The van der Waals surface area contributed by atoms with Crippen LogP contribution in [0.3, 0.4) is 0 Å². The molecule has 106 valence electrons. The van der Waals surface area contributed by atoms with E-state index in [1.165, 1.54) is 25.3 Å². The summed E-state index contributed by atoms with van der Waals surface area (Å²) in [5.41, 5.74) is 5.62. The van der Waals surface area contributed by atoms with E-state index in [-0.39, 0.29) is 23.2 Å². The van der Waals surface area contributed by atoms with Gasteiger partial charge in [0, 0.05) is 0 Å². The number of rotatable bonds is 8. The van der Waals surface area contributed by atoms with Crippen LogP contribution in [0.5, 0.6) is 5.75 Å². The number of nitro benzene ring substituents is 1. The third-order valence-electron chi connectivity index (χ3n) is 3.01. The minimum Gasteiger partial charge on any atom is -0.484 e. The van der Waals surface area contributed by atoms with Crippen LogP contribution in [0.4, 0.5) is 11.4 Å². The number of nitrogens with two attached hydrogens (primary N) is 1. The molecular weight excluding hydrogens is 244 g/mol. The fourth-order valence-corrected chi connectivity index (χ4v) is 1.96. The lowest BCUT2D eigenvalue weighted by atomic mass is 10.1. The van der Waals surface area contributed by atoms with E-state index in [0.29, 0.717) is 0 Å². The first-order chi connectivity index (χ1) is 9.06. The van der Waals surface area contributed by atoms with Gasteiger partial charge in [0.25, 0.3) is 0 Å². The number of hydrogen-bond acceptors (Lipinski definition) is 4. The molecule has 1 unspecified atom stereocenters. The van der Waals surface area contributed by atoms with Gasteiger partial charge in [-0.15, -0.1) is 0 Å². The Kier molecular flexibility index (Phi) is 6.12. The molecule has 1 atom stereocenters. The Bertz CT molecular complexity index is 421. The topological polar surface area (TPSA) is 78.4 Å². The minimum atomic E-state index is -0.492. The number of hydrogen-bond donors (Lipinski definition) is 1. The molecule has 0 saturated carbocycles. The van der Waals surface area contributed by atoms with Crippen molar-refractivity contribution in [3.05, 3.63) is 28.3 Å². The van der Waals surface area contributed by atoms with E-state index in [2.05, 4.69) is 6.92 Å². The van der Waals surface area contributed by atoms with Crippen LogP contribution in [-0.2, 0) is 0 Å². The molecule has 0 aromatic heterocycles. The van der Waals surface area contributed by atoms with Crippen molar-refractivity contribution >= 4 is 11.4 Å². The average Bonchev–Trinajstić information content (AvgIpc) is 2.34. The highest BCUT2D eigenvalue weighted by Gasteiger charge is 2.20. The molecular formula is C14H22N2O3. The van der Waals surface area contributed by atoms with E-state index >= 15 is 0 Å². The quantitative estimate of drug-likeness (QED) is 0.335. The highest BCUT2D eigenvalue weighted by atomic mass is 16.6. The Balaban J connectivity index is 2.61. The van der Waals surface area contributed by atoms with Crippen LogP contribution >= 0.6 is 0 Å². The van der Waals surface area contributed by atoms with Gasteiger partial charge >= 0.3 is 5.69 Å². The summed E-state index contributed by atoms with van der Waals surface area (Å²) in [6.45, 7) is 4.09. The molecule has 2 N–H and O–H groups in total. The lowest BCUT2D eigenvalue weighted by Crippen LogP contribution is -2.13. The largest absolute Gasteiger partial charge is 0.484 e. The summed E-state index contributed by atoms with van der Waals surface area (Å²) >= 11 is 0. The smallest absolute Gasteiger partial charge is 0.333 e. The Labute approximate surface area is 113 Å². The van der Waals surface area contributed by atoms with Gasteiger partial charge in [-0.3, -0.25) is 10.1 Å². The monoisotopic (exact) mass is 266 g/mol. The molecule has 0 amide bonds. The highest BCUT2D eigenvalue weighted by Crippen LogP contribution is 2.33. The van der Waals surface area contributed by atoms with E-state index in [0.717, 1.165) is 12.8 Å². The van der Waals surface area contributed by atoms with E-state index in [1.807, 2.05) is 6.92 Å². The van der Waals surface area contributed by atoms with E-state index in [1.54, 1.807) is 12.1 Å². The molecule has 0 aliphatic rings. The fraction of sp³-hybridized carbons (Fsp3) is 0.571. The lowest BCUT2D eigenvalue weighted by Gasteiger charge is -2.15. The second-order valence-corrected chi connectivity index (χ2v) is 4.73. The van der Waals surface area contributed by atoms with Crippen molar-refractivity contribution in [2.24, 2.45) is 0 Å². The van der Waals surface area contributed by atoms with Gasteiger partial charge in [-0.1, -0.05) is 32.3 Å². The Morgan fingerprint density at radius 1 is 1.37 bits per heavy atom. The van der Waals surface area contributed by atoms with Crippen LogP contribution in [-0.4, -0.2) is 11.0 Å². The zero-order valence-corrected chi connectivity index (χ0v) is 11.6. The van der Waals surface area contributed by atoms with Gasteiger partial charge in [0.05, 0.1) is 11.0 Å². The van der Waals surface area contributed by atoms with Crippen molar-refractivity contribution in [2.75, 3.05) is 5.73 Å². The summed E-state index contributed by atoms with van der Waals surface area (Å²) in [5, 5.41) is 11.0. The molecule has 1 aromatic rings. The second-order valence-electron chi connectivity index (χ2n) is 4.73. The maximum Gasteiger partial charge on any atom is 0.333 e. The zero-order chi connectivity index (χ0) is 14.3. The number of benzene rings is 1. The standard InChI is InChI=1S/C14H22N2O3/c1-3-4-5-6-8-11(2)19-13-10-7-9-12(15)14(13)16(17)18/h7,9-11H,3-6,8,15H2,1-2H3. The first kappa shape index (κ1) is 15.3. The summed E-state index contributed by atoms with van der Waals surface area (Å²) in [4.78, 5) is 10.5. The minimum absolute atomic E-state index is 0.0441. The van der Waals surface area contributed by atoms with Crippen LogP contribution in [0.15, 0.2) is 18.2 Å². The Hall–Kier alpha value is -1.78. The molecule has 0 fully saturated rings. The summed E-state index contributed by atoms with van der Waals surface area (Å²) < 4.78 is 5.65. The maximum absolute atomic E-state index is 11.0. The molecule has 0 spiro atoms. The first-order valence-corrected chi connectivity index (χ1v) is 6.75. The van der Waals surface area contributed by atoms with Crippen molar-refractivity contribution in [3.63, 3.8) is 0 Å². The van der Waals surface area contributed by atoms with Gasteiger partial charge in [0.2, 0.25) is 0 Å². The highest BCUT2D eigenvalue weighted by molar-refractivity contribution is 5.65. The lowest BCUT2D eigenvalue weighted by molar-refractivity contribution is -0.385. The summed E-state index contributed by atoms with van der Waals surface area (Å²) in [5.74, 6) is 0.257. The van der Waals surface area contributed by atoms with Crippen molar-refractivity contribution < 1.29 is 9.66 Å². The molecule has 0 aliphatic heterocycles. The predicted octanol–water partition coefficient (Wildman–Crippen LogP) is 3.91. The molecule has 0 radical (unpaired) electrons. The number of nitrogen functional groups attached to an aromatic ring is 1. The maximum atomic E-state index is 11.0. The van der Waals surface area contributed by atoms with Crippen LogP contribution in [0.2, 0.25) is 0 Å². The second kappa shape index (κ2) is 7.61. The number of nitro groups is 1. The van der Waals surface area contributed by atoms with Crippen LogP contribution in [0, 0.1) is 10.1 Å². The van der Waals surface area contributed by atoms with Gasteiger partial charge < -0.3 is 10.5 Å². The van der Waals surface area contributed by atoms with Crippen molar-refractivity contribution in [3.8, 4) is 5.75 Å². The molecule has 5 nitrogen and oxygen atoms in total. The van der Waals surface area contributed by atoms with Gasteiger partial charge in [-0.2, -0.15) is 0 Å². The first-order valence-electron chi connectivity index (χ1n) is 6.75. The number of para-hydroxylation sites is 1. The Morgan fingerprint density at radius 2 is 2.11 bits per heavy atom. The zero-order valence-electron chi connectivity index (χ0n) is 11.6. The molecule has 0 aliphatic carbocycles. The van der Waals surface area contributed by atoms with Crippen LogP contribution < -0.4 is 10.5 Å². The molecule has 1 rings (SSSR count). The number of ether oxygens (including phenoxy) is 1. The number of nitrogens with zero attached hydrogens (tertiary/aromatic N) is 1. The average molecular weight is 266 g/mol. The molecule has 0 bridgehead atoms. The molecule has 19 heavy (non-hydrogen) atoms. The fourth-order valence-electron chi connectivity index (χ4n) is 1.96. The van der Waals surface area contributed by atoms with E-state index in [9.17, 15) is 10.1 Å². The van der Waals surface area contributed by atoms with E-state index in [4.69, 9.17) is 10.5 Å². The summed E-state index contributed by atoms with van der Waals surface area (Å²) in [6.07, 6.45) is 5.50. The van der Waals surface area contributed by atoms with Gasteiger partial charge in [-0.25, -0.2) is 0 Å². The summed E-state index contributed by atoms with van der Waals surface area (Å²) in [7, 11) is 0. The van der Waals surface area contributed by atoms with Gasteiger partial charge in [0.15, 0.2) is 5.75 Å². The summed E-state index contributed by atoms with van der Waals surface area (Å²) in [6, 6.07) is 4.77. The molecule has 0 saturated heterocycles. The van der Waals surface area contributed by atoms with Crippen LogP contribution in [0.25, 0.3) is 0 Å². The van der Waals surface area contributed by atoms with Gasteiger partial charge in [-0.05, 0) is 31.9 Å². The predicted molar refractivity (Wildman–Crippen MR) is 76.4 cm³/mol. The number of unbranched alkanes of at least 4 members (excludes halogenated alkanes) is 3. The van der Waals surface area contributed by atoms with Crippen molar-refractivity contribution in [2.45, 2.75) is 52.1 Å². The molecule has 1 aromatic carbocycles. The van der Waals surface area contributed by atoms with Gasteiger partial charge in [0.1, 0.15) is 5.69 Å². The normalized spacial score (nSPS) is 12.1. The van der Waals surface area contributed by atoms with Crippen LogP contribution in [0.1, 0.15) is 46.0 Å². The third kappa shape index (κ3) is 4.77. The number of anilines is 1. The molecule has 5 heteroatoms. The van der Waals surface area contributed by atoms with Crippen molar-refractivity contribution in [1.82, 2.24) is 0 Å². The molecule has 0 heterocycles. The van der Waals surface area contributed by atoms with E-state index < -0.39 is 4.92 Å². The Morgan fingerprint density at radius 3 is 2.74 bits per heavy atom. The SMILES string of the molecule is CCCCCCC(C)Oc1cccc(N)c1[N+](=O)[O-]. The third-order valence-corrected chi connectivity index (χ3v) is 3.01.